The average Bonchev–Trinajstić information content (AvgIpc) is 3.16. The molecule has 6 nitrogen and oxygen atoms in total. The Kier molecular flexibility index (Phi) is 8.38. The van der Waals surface area contributed by atoms with E-state index < -0.39 is 10.0 Å². The van der Waals surface area contributed by atoms with Crippen LogP contribution in [-0.2, 0) is 11.3 Å². The largest absolute Gasteiger partial charge is 0.357 e. The van der Waals surface area contributed by atoms with E-state index in [0.29, 0.717) is 11.6 Å². The Morgan fingerprint density at radius 3 is 2.29 bits per heavy atom. The monoisotopic (exact) mass is 547 g/mol. The van der Waals surface area contributed by atoms with Crippen molar-refractivity contribution in [3.05, 3.63) is 94.5 Å². The molecule has 0 saturated carbocycles. The highest BCUT2D eigenvalue weighted by molar-refractivity contribution is 8.32. The maximum atomic E-state index is 9.93. The highest BCUT2D eigenvalue weighted by atomic mass is 35.5. The molecule has 0 radical (unpaired) electrons. The standard InChI is InChI=1S/C26H25ClN4S.C4H9NO/c1-17-29-30-25-16-28-26(18-8-11-21(27)12-9-18)23-15-20(10-13-24(23)31(17)25)19-6-5-7-22(14-19)32(2,3)4;1-3-5-4(2)6/h5-15H,16H2,1-4H3;3H2,1-2H3,(H,5,6). The van der Waals surface area contributed by atoms with Crippen molar-refractivity contribution in [2.45, 2.75) is 32.2 Å². The Morgan fingerprint density at radius 2 is 1.66 bits per heavy atom. The number of aromatic nitrogens is 3. The third kappa shape index (κ3) is 6.17. The van der Waals surface area contributed by atoms with Crippen LogP contribution in [0.4, 0.5) is 0 Å². The summed E-state index contributed by atoms with van der Waals surface area (Å²) in [5, 5.41) is 11.9. The molecule has 0 atom stereocenters. The smallest absolute Gasteiger partial charge is 0.216 e. The van der Waals surface area contributed by atoms with E-state index in [1.165, 1.54) is 22.9 Å². The lowest BCUT2D eigenvalue weighted by Crippen LogP contribution is -2.18. The fourth-order valence-electron chi connectivity index (χ4n) is 4.32. The number of aliphatic imine (C=N–C) groups is 1. The summed E-state index contributed by atoms with van der Waals surface area (Å²) in [7, 11) is -0.809. The molecule has 1 aromatic heterocycles. The topological polar surface area (TPSA) is 72.2 Å². The van der Waals surface area contributed by atoms with E-state index in [4.69, 9.17) is 16.6 Å². The molecular formula is C30H34ClN5OS. The second kappa shape index (κ2) is 11.5. The number of carbonyl (C=O) groups excluding carboxylic acids is 1. The van der Waals surface area contributed by atoms with Crippen LogP contribution in [0.1, 0.15) is 36.6 Å². The molecule has 0 saturated heterocycles. The van der Waals surface area contributed by atoms with Crippen molar-refractivity contribution in [3.63, 3.8) is 0 Å². The number of hydrogen-bond donors (Lipinski definition) is 1. The van der Waals surface area contributed by atoms with E-state index in [1.54, 1.807) is 0 Å². The van der Waals surface area contributed by atoms with Gasteiger partial charge in [0, 0.05) is 29.6 Å². The first-order valence-corrected chi connectivity index (χ1v) is 15.7. The maximum Gasteiger partial charge on any atom is 0.216 e. The van der Waals surface area contributed by atoms with E-state index in [-0.39, 0.29) is 5.91 Å². The van der Waals surface area contributed by atoms with Gasteiger partial charge in [-0.1, -0.05) is 48.0 Å². The van der Waals surface area contributed by atoms with Crippen LogP contribution in [-0.4, -0.2) is 51.7 Å². The molecule has 4 aromatic rings. The van der Waals surface area contributed by atoms with Crippen molar-refractivity contribution in [3.8, 4) is 16.8 Å². The molecule has 0 spiro atoms. The third-order valence-corrected chi connectivity index (χ3v) is 8.10. The summed E-state index contributed by atoms with van der Waals surface area (Å²) < 4.78 is 2.11. The quantitative estimate of drug-likeness (QED) is 0.319. The lowest BCUT2D eigenvalue weighted by Gasteiger charge is -2.26. The van der Waals surface area contributed by atoms with Crippen molar-refractivity contribution in [1.29, 1.82) is 0 Å². The summed E-state index contributed by atoms with van der Waals surface area (Å²) in [6.45, 7) is 6.59. The van der Waals surface area contributed by atoms with Crippen molar-refractivity contribution < 1.29 is 4.79 Å². The average molecular weight is 548 g/mol. The number of carbonyl (C=O) groups is 1. The minimum Gasteiger partial charge on any atom is -0.357 e. The van der Waals surface area contributed by atoms with E-state index in [9.17, 15) is 4.79 Å². The molecule has 0 aliphatic carbocycles. The molecule has 3 aromatic carbocycles. The number of nitrogens with one attached hydrogen (secondary N) is 1. The van der Waals surface area contributed by atoms with Crippen molar-refractivity contribution in [2.24, 2.45) is 4.99 Å². The van der Waals surface area contributed by atoms with Gasteiger partial charge in [0.15, 0.2) is 5.82 Å². The van der Waals surface area contributed by atoms with Gasteiger partial charge in [-0.25, -0.2) is 10.0 Å². The van der Waals surface area contributed by atoms with Gasteiger partial charge in [0.2, 0.25) is 5.91 Å². The third-order valence-electron chi connectivity index (χ3n) is 6.18. The van der Waals surface area contributed by atoms with Gasteiger partial charge >= 0.3 is 0 Å². The molecular weight excluding hydrogens is 514 g/mol. The Bertz CT molecular complexity index is 1490. The van der Waals surface area contributed by atoms with Crippen LogP contribution in [0.3, 0.4) is 0 Å². The van der Waals surface area contributed by atoms with Crippen LogP contribution in [0.15, 0.2) is 76.6 Å². The maximum absolute atomic E-state index is 9.93. The van der Waals surface area contributed by atoms with Gasteiger partial charge in [0.05, 0.1) is 11.4 Å². The molecule has 0 bridgehead atoms. The summed E-state index contributed by atoms with van der Waals surface area (Å²) in [6, 6.07) is 23.4. The van der Waals surface area contributed by atoms with E-state index >= 15 is 0 Å². The first-order chi connectivity index (χ1) is 18.1. The van der Waals surface area contributed by atoms with Crippen LogP contribution in [0, 0.1) is 6.92 Å². The van der Waals surface area contributed by atoms with Crippen molar-refractivity contribution in [1.82, 2.24) is 20.1 Å². The van der Waals surface area contributed by atoms with Crippen LogP contribution in [0.2, 0.25) is 5.02 Å². The number of nitrogens with zero attached hydrogens (tertiary/aromatic N) is 4. The van der Waals surface area contributed by atoms with Gasteiger partial charge in [-0.3, -0.25) is 14.4 Å². The first-order valence-electron chi connectivity index (χ1n) is 12.5. The molecule has 2 heterocycles. The van der Waals surface area contributed by atoms with Gasteiger partial charge < -0.3 is 5.32 Å². The minimum absolute atomic E-state index is 0.0394. The Hall–Kier alpha value is -3.42. The number of rotatable bonds is 4. The summed E-state index contributed by atoms with van der Waals surface area (Å²) in [4.78, 5) is 16.3. The fourth-order valence-corrected chi connectivity index (χ4v) is 5.41. The Labute approximate surface area is 231 Å². The van der Waals surface area contributed by atoms with Crippen LogP contribution in [0.25, 0.3) is 16.8 Å². The lowest BCUT2D eigenvalue weighted by atomic mass is 9.95. The van der Waals surface area contributed by atoms with E-state index in [2.05, 4.69) is 81.3 Å². The lowest BCUT2D eigenvalue weighted by molar-refractivity contribution is -0.118. The van der Waals surface area contributed by atoms with Gasteiger partial charge in [-0.15, -0.1) is 10.2 Å². The summed E-state index contributed by atoms with van der Waals surface area (Å²) in [5.41, 5.74) is 6.49. The predicted molar refractivity (Wildman–Crippen MR) is 160 cm³/mol. The number of hydrogen-bond acceptors (Lipinski definition) is 4. The van der Waals surface area contributed by atoms with Crippen LogP contribution >= 0.6 is 21.6 Å². The first kappa shape index (κ1) is 27.6. The SMILES string of the molecule is CCNC(C)=O.Cc1nnc2n1-c1ccc(-c3cccc(S(C)(C)C)c3)cc1C(c1ccc(Cl)cc1)=NC2. The Morgan fingerprint density at radius 1 is 0.974 bits per heavy atom. The fraction of sp³-hybridized carbons (Fsp3) is 0.267. The second-order valence-corrected chi connectivity index (χ2v) is 14.4. The van der Waals surface area contributed by atoms with Crippen molar-refractivity contribution >= 4 is 33.2 Å². The summed E-state index contributed by atoms with van der Waals surface area (Å²) >= 11 is 6.16. The Balaban J connectivity index is 0.000000505. The van der Waals surface area contributed by atoms with Gasteiger partial charge in [0.1, 0.15) is 12.4 Å². The molecule has 38 heavy (non-hydrogen) atoms. The molecule has 5 rings (SSSR count). The molecule has 0 unspecified atom stereocenters. The highest BCUT2D eigenvalue weighted by Gasteiger charge is 2.22. The molecule has 198 valence electrons. The number of aryl methyl sites for hydroxylation is 1. The summed E-state index contributed by atoms with van der Waals surface area (Å²) in [6.07, 6.45) is 6.97. The van der Waals surface area contributed by atoms with Crippen LogP contribution < -0.4 is 5.32 Å². The number of halogens is 1. The van der Waals surface area contributed by atoms with E-state index in [0.717, 1.165) is 40.7 Å². The molecule has 1 N–H and O–H groups in total. The zero-order valence-corrected chi connectivity index (χ0v) is 24.3. The van der Waals surface area contributed by atoms with Gasteiger partial charge in [0.25, 0.3) is 0 Å². The van der Waals surface area contributed by atoms with Crippen LogP contribution in [0.5, 0.6) is 0 Å². The number of amides is 1. The van der Waals surface area contributed by atoms with Gasteiger partial charge in [-0.2, -0.15) is 0 Å². The zero-order valence-electron chi connectivity index (χ0n) is 22.7. The molecule has 8 heteroatoms. The second-order valence-electron chi connectivity index (χ2n) is 9.85. The minimum atomic E-state index is -0.809. The summed E-state index contributed by atoms with van der Waals surface area (Å²) in [5.74, 6) is 1.75. The molecule has 0 fully saturated rings. The number of benzene rings is 3. The number of fused-ring (bicyclic) bond motifs is 3. The zero-order chi connectivity index (χ0) is 27.4. The van der Waals surface area contributed by atoms with E-state index in [1.807, 2.05) is 38.1 Å². The van der Waals surface area contributed by atoms with Gasteiger partial charge in [-0.05, 0) is 79.0 Å². The molecule has 1 aliphatic rings. The highest BCUT2D eigenvalue weighted by Crippen LogP contribution is 2.46. The molecule has 1 amide bonds. The molecule has 1 aliphatic heterocycles. The predicted octanol–water partition coefficient (Wildman–Crippen LogP) is 6.44. The normalized spacial score (nSPS) is 12.8. The van der Waals surface area contributed by atoms with Crippen molar-refractivity contribution in [2.75, 3.05) is 25.3 Å².